The molecule has 42 heteroatoms. The van der Waals surface area contributed by atoms with E-state index in [2.05, 4.69) is 143 Å². The summed E-state index contributed by atoms with van der Waals surface area (Å²) in [5.74, 6) is 1.42. The lowest BCUT2D eigenvalue weighted by atomic mass is 9.79. The molecule has 15 heterocycles. The largest absolute Gasteiger partial charge is 0.409 e. The monoisotopic (exact) mass is 1730 g/mol. The van der Waals surface area contributed by atoms with Crippen LogP contribution in [0.1, 0.15) is 186 Å². The summed E-state index contributed by atoms with van der Waals surface area (Å²) in [5, 5.41) is 75.9. The van der Waals surface area contributed by atoms with Crippen LogP contribution in [0.25, 0.3) is 22.1 Å². The molecule has 15 rings (SSSR count). The maximum atomic E-state index is 10.2. The van der Waals surface area contributed by atoms with Crippen molar-refractivity contribution in [3.63, 3.8) is 0 Å². The second kappa shape index (κ2) is 37.8. The summed E-state index contributed by atoms with van der Waals surface area (Å²) in [6.45, 7) is 43.4. The number of nitrogen functional groups attached to an aromatic ring is 4. The fourth-order valence-corrected chi connectivity index (χ4v) is 22.9. The molecule has 3 unspecified atom stereocenters. The summed E-state index contributed by atoms with van der Waals surface area (Å²) >= 11 is 0. The molecule has 119 heavy (non-hydrogen) atoms. The van der Waals surface area contributed by atoms with Gasteiger partial charge in [0, 0.05) is 24.2 Å². The van der Waals surface area contributed by atoms with Gasteiger partial charge in [-0.15, -0.1) is 0 Å². The van der Waals surface area contributed by atoms with E-state index in [9.17, 15) is 31.3 Å². The minimum atomic E-state index is -2.53. The van der Waals surface area contributed by atoms with Gasteiger partial charge in [0.2, 0.25) is 0 Å². The Kier molecular flexibility index (Phi) is 29.3. The van der Waals surface area contributed by atoms with Gasteiger partial charge in [0.25, 0.3) is 0 Å². The summed E-state index contributed by atoms with van der Waals surface area (Å²) in [7, 11) is -6.26. The second-order valence-electron chi connectivity index (χ2n) is 32.9. The third-order valence-electron chi connectivity index (χ3n) is 21.1. The number of hydrogen-bond acceptors (Lipinski definition) is 34. The Morgan fingerprint density at radius 2 is 0.807 bits per heavy atom. The molecule has 8 aromatic heterocycles. The molecule has 10 N–H and O–H groups in total. The third-order valence-corrected chi connectivity index (χ3v) is 29.1. The number of aromatic nitrogens is 12. The van der Waals surface area contributed by atoms with Crippen molar-refractivity contribution in [2.24, 2.45) is 21.7 Å². The SMILES string of the molecule is CC(C)OP(N(C(C)C)C(C)C)N(C(C)C)C(C)C.CC(C)OP1OC[C@H]2O[C@@H](c3ccc4c(N)ncnn34)[C@](C)(C#N)[C@@H]2O1.CC(C)OP1OC[C@H]2O[C@@H](c3ccc4c(N)ncnn34)[C@](C)(C#N)[C@@H]2O1.CC(C)O[P+]1(C)OC[C@H]2O[C@@H](c3ccc4c(N)ncnn34)[C@](C)(C#N)[C@@H]2O1.C[C@@]1(C#N)[C@H](O)[C@@H](CO)O[C@H]1c1ccc2c(N)ncnn12. The average Bonchev–Trinajstić information content (AvgIpc) is 1.60. The molecule has 0 amide bonds. The lowest BCUT2D eigenvalue weighted by molar-refractivity contribution is -0.0566. The Balaban J connectivity index is 0.000000147. The van der Waals surface area contributed by atoms with Gasteiger partial charge < -0.3 is 83.8 Å². The van der Waals surface area contributed by atoms with E-state index in [1.54, 1.807) is 32.6 Å². The predicted octanol–water partition coefficient (Wildman–Crippen LogP) is 11.7. The zero-order chi connectivity index (χ0) is 86.9. The molecular formula is C77H113N22O16P4+. The van der Waals surface area contributed by atoms with E-state index in [0.29, 0.717) is 95.0 Å². The fraction of sp³-hybridized carbons (Fsp3) is 0.636. The zero-order valence-electron chi connectivity index (χ0n) is 71.1. The molecule has 0 saturated carbocycles. The Morgan fingerprint density at radius 3 is 1.10 bits per heavy atom. The van der Waals surface area contributed by atoms with Crippen molar-refractivity contribution >= 4 is 78.9 Å². The Hall–Kier alpha value is -7.36. The van der Waals surface area contributed by atoms with Crippen molar-refractivity contribution in [2.75, 3.05) is 56.0 Å². The first-order chi connectivity index (χ1) is 56.3. The fourth-order valence-electron chi connectivity index (χ4n) is 15.7. The Labute approximate surface area is 697 Å². The van der Waals surface area contributed by atoms with Crippen LogP contribution in [0.4, 0.5) is 23.3 Å². The van der Waals surface area contributed by atoms with Crippen LogP contribution in [-0.4, -0.2) is 208 Å². The smallest absolute Gasteiger partial charge is 0.394 e. The molecule has 38 nitrogen and oxygen atoms in total. The average molecular weight is 1730 g/mol. The molecule has 646 valence electrons. The molecule has 0 aromatic carbocycles. The van der Waals surface area contributed by atoms with Crippen LogP contribution < -0.4 is 22.9 Å². The first-order valence-electron chi connectivity index (χ1n) is 39.6. The van der Waals surface area contributed by atoms with E-state index in [0.717, 1.165) is 17.1 Å². The van der Waals surface area contributed by atoms with Gasteiger partial charge in [-0.2, -0.15) is 55.0 Å². The van der Waals surface area contributed by atoms with Crippen LogP contribution in [0.2, 0.25) is 0 Å². The highest BCUT2D eigenvalue weighted by Crippen LogP contribution is 2.68. The van der Waals surface area contributed by atoms with Gasteiger partial charge in [-0.05, 0) is 187 Å². The third kappa shape index (κ3) is 18.6. The highest BCUT2D eigenvalue weighted by molar-refractivity contribution is 7.60. The number of aliphatic hydroxyl groups excluding tert-OH is 2. The van der Waals surface area contributed by atoms with Gasteiger partial charge in [-0.25, -0.2) is 47.3 Å². The van der Waals surface area contributed by atoms with Gasteiger partial charge in [0.05, 0.1) is 85.2 Å². The molecule has 0 spiro atoms. The summed E-state index contributed by atoms with van der Waals surface area (Å²) in [6, 6.07) is 25.7. The van der Waals surface area contributed by atoms with Crippen molar-refractivity contribution in [3.05, 3.63) is 96.6 Å². The van der Waals surface area contributed by atoms with Crippen LogP contribution in [0.3, 0.4) is 0 Å². The zero-order valence-corrected chi connectivity index (χ0v) is 74.6. The molecule has 7 saturated heterocycles. The van der Waals surface area contributed by atoms with E-state index < -0.39 is 110 Å². The number of hydrogen-bond donors (Lipinski definition) is 6. The Morgan fingerprint density at radius 1 is 0.487 bits per heavy atom. The van der Waals surface area contributed by atoms with E-state index in [4.69, 9.17) is 87.1 Å². The number of nitriles is 4. The number of fused-ring (bicyclic) bond motifs is 7. The molecule has 19 atom stereocenters. The normalized spacial score (nSPS) is 31.0. The lowest BCUT2D eigenvalue weighted by Crippen LogP contribution is -2.43. The molecular weight excluding hydrogens is 1610 g/mol. The maximum Gasteiger partial charge on any atom is 0.409 e. The van der Waals surface area contributed by atoms with Gasteiger partial charge in [-0.3, -0.25) is 0 Å². The topological polar surface area (TPSA) is 496 Å². The van der Waals surface area contributed by atoms with Crippen LogP contribution in [0.15, 0.2) is 73.8 Å². The number of nitrogens with zero attached hydrogens (tertiary/aromatic N) is 18. The number of nitrogens with two attached hydrogens (primary N) is 4. The summed E-state index contributed by atoms with van der Waals surface area (Å²) in [6.07, 6.45) is -1.13. The van der Waals surface area contributed by atoms with Crippen LogP contribution in [0.5, 0.6) is 0 Å². The first-order valence-corrected chi connectivity index (χ1v) is 44.9. The van der Waals surface area contributed by atoms with Gasteiger partial charge in [0.15, 0.2) is 37.8 Å². The van der Waals surface area contributed by atoms with Crippen molar-refractivity contribution in [3.8, 4) is 24.3 Å². The molecule has 0 aliphatic carbocycles. The van der Waals surface area contributed by atoms with Crippen LogP contribution in [0, 0.1) is 67.0 Å². The molecule has 0 bridgehead atoms. The number of ether oxygens (including phenoxy) is 4. The summed E-state index contributed by atoms with van der Waals surface area (Å²) in [5.41, 5.74) is 24.9. The summed E-state index contributed by atoms with van der Waals surface area (Å²) < 4.78 is 94.8. The lowest BCUT2D eigenvalue weighted by Gasteiger charge is -2.46. The number of anilines is 4. The molecule has 7 aliphatic heterocycles. The molecule has 7 fully saturated rings. The molecule has 7 aliphatic rings. The van der Waals surface area contributed by atoms with Gasteiger partial charge in [0.1, 0.15) is 156 Å². The predicted molar refractivity (Wildman–Crippen MR) is 443 cm³/mol. The van der Waals surface area contributed by atoms with E-state index in [1.807, 2.05) is 105 Å². The van der Waals surface area contributed by atoms with E-state index in [-0.39, 0.29) is 49.3 Å². The highest BCUT2D eigenvalue weighted by atomic mass is 31.2. The van der Waals surface area contributed by atoms with Crippen molar-refractivity contribution in [1.29, 1.82) is 21.0 Å². The minimum absolute atomic E-state index is 0.0293. The Bertz CT molecular complexity index is 4800. The number of rotatable bonds is 19. The maximum absolute atomic E-state index is 10.2. The first kappa shape index (κ1) is 92.4. The quantitative estimate of drug-likeness (QED) is 0.0409. The highest BCUT2D eigenvalue weighted by Gasteiger charge is 2.66. The van der Waals surface area contributed by atoms with Gasteiger partial charge in [-0.1, -0.05) is 0 Å². The van der Waals surface area contributed by atoms with E-state index >= 15 is 0 Å². The van der Waals surface area contributed by atoms with E-state index in [1.165, 1.54) is 29.8 Å². The van der Waals surface area contributed by atoms with Crippen LogP contribution in [-0.2, 0) is 64.2 Å². The molecule has 8 aromatic rings. The van der Waals surface area contributed by atoms with Crippen LogP contribution >= 0.6 is 33.6 Å². The minimum Gasteiger partial charge on any atom is -0.394 e. The van der Waals surface area contributed by atoms with Gasteiger partial charge >= 0.3 is 25.1 Å². The van der Waals surface area contributed by atoms with Crippen molar-refractivity contribution in [1.82, 2.24) is 67.7 Å². The van der Waals surface area contributed by atoms with Crippen molar-refractivity contribution in [2.45, 2.75) is 260 Å². The van der Waals surface area contributed by atoms with Crippen molar-refractivity contribution < 1.29 is 74.4 Å². The second-order valence-corrected chi connectivity index (χ2v) is 39.0. The summed E-state index contributed by atoms with van der Waals surface area (Å²) in [4.78, 5) is 15.9. The standard InChI is InChI=1S/C17H23N5O4P.2C16H20N5O4P.C15H35N2OP.C13H15N5O3/c1-10(2)25-27(4)23-7-13-15(26-27)17(3,8-18)14(24-13)11-5-6-12-16(19)20-9-21-22(11)12;2*1-9(2)24-26-22-6-12-14(25-26)16(3,7-17)13(23-12)10-4-5-11-15(18)19-8-20-21(10)11;1-11(2)16(12(3)4)19(18-15(9)10)17(13(5)6)14(7)8;1-13(5-14)10(20)9(4-19)21-11(13)7-2-3-8-12(15)16-6-17-18(7)8/h5-6,9-10,13-15H,7H2,1-4H3,(H2,19,20,21);2*4-5,8-9,12-14H,6H2,1-3H3,(H2,18,19,20);11-15H,1-10H3;2-3,6,9-11,19-20H,4H2,1H3,(H2,15,16,17)/q+1;;;;/t13-,14+,15-,17+,27?;2*12-,13+,14-,16+,26?;;9-,10-,11+,13-/m111.1/s1. The number of aliphatic hydroxyl groups is 2. The molecule has 0 radical (unpaired) electrons.